The van der Waals surface area contributed by atoms with Gasteiger partial charge < -0.3 is 14.3 Å². The summed E-state index contributed by atoms with van der Waals surface area (Å²) < 4.78 is 11.4. The Hall–Kier alpha value is -2.93. The summed E-state index contributed by atoms with van der Waals surface area (Å²) in [6.07, 6.45) is 1.55. The number of furan rings is 1. The van der Waals surface area contributed by atoms with E-state index >= 15 is 0 Å². The van der Waals surface area contributed by atoms with Gasteiger partial charge in [0.05, 0.1) is 28.6 Å². The van der Waals surface area contributed by atoms with E-state index in [0.29, 0.717) is 39.5 Å². The minimum absolute atomic E-state index is 0.279. The highest BCUT2D eigenvalue weighted by atomic mass is 79.9. The molecule has 0 radical (unpaired) electrons. The summed E-state index contributed by atoms with van der Waals surface area (Å²) in [5.74, 6) is 0.268. The summed E-state index contributed by atoms with van der Waals surface area (Å²) in [5, 5.41) is 7.41. The van der Waals surface area contributed by atoms with E-state index in [0.717, 1.165) is 4.47 Å². The third-order valence-corrected chi connectivity index (χ3v) is 4.45. The molecule has 0 aliphatic heterocycles. The maximum Gasteiger partial charge on any atom is 0.259 e. The number of para-hydroxylation sites is 1. The Morgan fingerprint density at radius 2 is 2.04 bits per heavy atom. The van der Waals surface area contributed by atoms with Gasteiger partial charge in [0, 0.05) is 4.47 Å². The fraction of sp³-hybridized carbons (Fsp3) is 0.0556. The van der Waals surface area contributed by atoms with Gasteiger partial charge in [-0.3, -0.25) is 4.79 Å². The van der Waals surface area contributed by atoms with Crippen LogP contribution in [0.2, 0.25) is 0 Å². The number of aryl methyl sites for hydroxylation is 1. The number of aromatic nitrogens is 2. The quantitative estimate of drug-likeness (QED) is 0.536. The summed E-state index contributed by atoms with van der Waals surface area (Å²) in [4.78, 5) is 17.3. The van der Waals surface area contributed by atoms with Crippen molar-refractivity contribution in [3.05, 3.63) is 64.5 Å². The van der Waals surface area contributed by atoms with Crippen molar-refractivity contribution in [2.75, 3.05) is 5.32 Å². The second kappa shape index (κ2) is 6.18. The molecule has 0 saturated heterocycles. The molecule has 124 valence electrons. The second-order valence-electron chi connectivity index (χ2n) is 5.41. The van der Waals surface area contributed by atoms with Crippen LogP contribution in [-0.2, 0) is 0 Å². The van der Waals surface area contributed by atoms with Crippen LogP contribution >= 0.6 is 15.9 Å². The molecule has 0 unspecified atom stereocenters. The normalized spacial score (nSPS) is 11.0. The summed E-state index contributed by atoms with van der Waals surface area (Å²) in [5.41, 5.74) is 2.50. The zero-order valence-electron chi connectivity index (χ0n) is 13.1. The maximum atomic E-state index is 12.9. The number of benzene rings is 1. The van der Waals surface area contributed by atoms with E-state index in [9.17, 15) is 4.79 Å². The number of hydrogen-bond acceptors (Lipinski definition) is 5. The van der Waals surface area contributed by atoms with Crippen LogP contribution in [0.25, 0.3) is 22.6 Å². The standard InChI is InChI=1S/C18H12BrN3O3/c1-10-16-11(17(23)20-13-6-3-2-5-12(13)19)9-14(15-7-4-8-24-15)21-18(16)25-22-10/h2-9H,1H3,(H,20,23). The Morgan fingerprint density at radius 3 is 2.80 bits per heavy atom. The Bertz CT molecular complexity index is 1070. The molecule has 0 spiro atoms. The van der Waals surface area contributed by atoms with Crippen molar-refractivity contribution in [3.8, 4) is 11.5 Å². The summed E-state index contributed by atoms with van der Waals surface area (Å²) in [6.45, 7) is 1.77. The Labute approximate surface area is 151 Å². The molecule has 4 aromatic rings. The van der Waals surface area contributed by atoms with E-state index in [2.05, 4.69) is 31.4 Å². The molecule has 3 heterocycles. The number of carbonyl (C=O) groups is 1. The van der Waals surface area contributed by atoms with Crippen molar-refractivity contribution in [2.45, 2.75) is 6.92 Å². The van der Waals surface area contributed by atoms with Gasteiger partial charge in [-0.15, -0.1) is 0 Å². The van der Waals surface area contributed by atoms with Crippen LogP contribution < -0.4 is 5.32 Å². The van der Waals surface area contributed by atoms with E-state index in [4.69, 9.17) is 8.94 Å². The van der Waals surface area contributed by atoms with Gasteiger partial charge in [-0.1, -0.05) is 17.3 Å². The van der Waals surface area contributed by atoms with Crippen LogP contribution in [0.5, 0.6) is 0 Å². The fourth-order valence-electron chi connectivity index (χ4n) is 2.58. The summed E-state index contributed by atoms with van der Waals surface area (Å²) >= 11 is 3.43. The lowest BCUT2D eigenvalue weighted by atomic mass is 10.1. The predicted octanol–water partition coefficient (Wildman–Crippen LogP) is 4.81. The van der Waals surface area contributed by atoms with Gasteiger partial charge in [-0.2, -0.15) is 0 Å². The van der Waals surface area contributed by atoms with Gasteiger partial charge in [0.1, 0.15) is 5.69 Å². The van der Waals surface area contributed by atoms with Gasteiger partial charge >= 0.3 is 0 Å². The number of rotatable bonds is 3. The average Bonchev–Trinajstić information content (AvgIpc) is 3.26. The van der Waals surface area contributed by atoms with Gasteiger partial charge in [0.25, 0.3) is 11.6 Å². The first-order valence-electron chi connectivity index (χ1n) is 7.50. The Kier molecular flexibility index (Phi) is 3.85. The number of carbonyl (C=O) groups excluding carboxylic acids is 1. The second-order valence-corrected chi connectivity index (χ2v) is 6.27. The van der Waals surface area contributed by atoms with Crippen molar-refractivity contribution < 1.29 is 13.7 Å². The number of amides is 1. The molecule has 1 N–H and O–H groups in total. The molecule has 0 aliphatic carbocycles. The highest BCUT2D eigenvalue weighted by Crippen LogP contribution is 2.29. The molecule has 0 saturated carbocycles. The van der Waals surface area contributed by atoms with Crippen molar-refractivity contribution in [1.29, 1.82) is 0 Å². The summed E-state index contributed by atoms with van der Waals surface area (Å²) in [7, 11) is 0. The molecular weight excluding hydrogens is 386 g/mol. The number of pyridine rings is 1. The van der Waals surface area contributed by atoms with Crippen LogP contribution in [0.15, 0.2) is 62.1 Å². The number of fused-ring (bicyclic) bond motifs is 1. The number of nitrogens with zero attached hydrogens (tertiary/aromatic N) is 2. The van der Waals surface area contributed by atoms with Crippen molar-refractivity contribution in [1.82, 2.24) is 10.1 Å². The highest BCUT2D eigenvalue weighted by molar-refractivity contribution is 9.10. The molecule has 6 nitrogen and oxygen atoms in total. The number of anilines is 1. The van der Waals surface area contributed by atoms with Crippen molar-refractivity contribution in [2.24, 2.45) is 0 Å². The van der Waals surface area contributed by atoms with Crippen LogP contribution in [0.1, 0.15) is 16.1 Å². The largest absolute Gasteiger partial charge is 0.463 e. The fourth-order valence-corrected chi connectivity index (χ4v) is 2.96. The minimum atomic E-state index is -0.279. The van der Waals surface area contributed by atoms with E-state index in [1.54, 1.807) is 31.4 Å². The predicted molar refractivity (Wildman–Crippen MR) is 96.3 cm³/mol. The van der Waals surface area contributed by atoms with Crippen LogP contribution in [0.4, 0.5) is 5.69 Å². The zero-order valence-corrected chi connectivity index (χ0v) is 14.7. The van der Waals surface area contributed by atoms with Crippen molar-refractivity contribution >= 4 is 38.6 Å². The van der Waals surface area contributed by atoms with Gasteiger partial charge in [-0.05, 0) is 53.2 Å². The third-order valence-electron chi connectivity index (χ3n) is 3.76. The maximum absolute atomic E-state index is 12.9. The first kappa shape index (κ1) is 15.6. The van der Waals surface area contributed by atoms with E-state index in [1.165, 1.54) is 0 Å². The van der Waals surface area contributed by atoms with Crippen LogP contribution in [0.3, 0.4) is 0 Å². The van der Waals surface area contributed by atoms with Gasteiger partial charge in [0.15, 0.2) is 5.76 Å². The molecule has 1 aromatic carbocycles. The number of hydrogen-bond donors (Lipinski definition) is 1. The molecule has 4 rings (SSSR count). The van der Waals surface area contributed by atoms with Crippen molar-refractivity contribution in [3.63, 3.8) is 0 Å². The minimum Gasteiger partial charge on any atom is -0.463 e. The summed E-state index contributed by atoms with van der Waals surface area (Å²) in [6, 6.07) is 12.6. The molecule has 0 atom stereocenters. The van der Waals surface area contributed by atoms with E-state index in [-0.39, 0.29) is 5.91 Å². The SMILES string of the molecule is Cc1noc2nc(-c3ccco3)cc(C(=O)Nc3ccccc3Br)c12. The molecule has 0 bridgehead atoms. The molecule has 1 amide bonds. The topological polar surface area (TPSA) is 81.2 Å². The van der Waals surface area contributed by atoms with Crippen LogP contribution in [-0.4, -0.2) is 16.0 Å². The lowest BCUT2D eigenvalue weighted by Gasteiger charge is -2.09. The van der Waals surface area contributed by atoms with Gasteiger partial charge in [0.2, 0.25) is 0 Å². The first-order valence-corrected chi connectivity index (χ1v) is 8.29. The Morgan fingerprint density at radius 1 is 1.20 bits per heavy atom. The highest BCUT2D eigenvalue weighted by Gasteiger charge is 2.20. The molecule has 3 aromatic heterocycles. The molecule has 0 aliphatic rings. The third kappa shape index (κ3) is 2.83. The molecule has 0 fully saturated rings. The number of halogens is 1. The molecular formula is C18H12BrN3O3. The smallest absolute Gasteiger partial charge is 0.259 e. The monoisotopic (exact) mass is 397 g/mol. The van der Waals surface area contributed by atoms with E-state index in [1.807, 2.05) is 24.3 Å². The first-order chi connectivity index (χ1) is 12.1. The zero-order chi connectivity index (χ0) is 17.4. The lowest BCUT2D eigenvalue weighted by molar-refractivity contribution is 0.102. The number of nitrogens with one attached hydrogen (secondary N) is 1. The van der Waals surface area contributed by atoms with E-state index < -0.39 is 0 Å². The van der Waals surface area contributed by atoms with Crippen LogP contribution in [0, 0.1) is 6.92 Å². The molecule has 7 heteroatoms. The average molecular weight is 398 g/mol. The Balaban J connectivity index is 1.83. The van der Waals surface area contributed by atoms with Gasteiger partial charge in [-0.25, -0.2) is 4.98 Å². The lowest BCUT2D eigenvalue weighted by Crippen LogP contribution is -2.13. The molecule has 25 heavy (non-hydrogen) atoms.